The smallest absolute Gasteiger partial charge is 0.347 e. The number of urea groups is 2. The van der Waals surface area contributed by atoms with Gasteiger partial charge >= 0.3 is 18.1 Å². The van der Waals surface area contributed by atoms with Gasteiger partial charge in [-0.3, -0.25) is 10.0 Å². The topological polar surface area (TPSA) is 83.0 Å². The lowest BCUT2D eigenvalue weighted by Gasteiger charge is -2.10. The fraction of sp³-hybridized carbons (Fsp3) is 0.308. The molecule has 0 spiro atoms. The molecular weight excluding hydrogens is 292 g/mol. The van der Waals surface area contributed by atoms with Crippen molar-refractivity contribution in [1.29, 1.82) is 0 Å². The van der Waals surface area contributed by atoms with Crippen LogP contribution >= 0.6 is 11.9 Å². The van der Waals surface area contributed by atoms with Gasteiger partial charge in [0.15, 0.2) is 0 Å². The van der Waals surface area contributed by atoms with E-state index in [-0.39, 0.29) is 6.02 Å². The minimum Gasteiger partial charge on any atom is -0.468 e. The quantitative estimate of drug-likeness (QED) is 0.507. The third-order valence-corrected chi connectivity index (χ3v) is 3.05. The lowest BCUT2D eigenvalue weighted by Crippen LogP contribution is -2.38. The van der Waals surface area contributed by atoms with Crippen LogP contribution in [-0.2, 0) is 10.5 Å². The van der Waals surface area contributed by atoms with Gasteiger partial charge in [-0.1, -0.05) is 30.3 Å². The SMILES string of the molecule is COC(=NC(=O)N(C)C)NC(=O)NSCc1ccccc1. The molecule has 21 heavy (non-hydrogen) atoms. The second-order valence-electron chi connectivity index (χ2n) is 4.13. The van der Waals surface area contributed by atoms with Crippen molar-refractivity contribution in [3.63, 3.8) is 0 Å². The summed E-state index contributed by atoms with van der Waals surface area (Å²) in [6.07, 6.45) is 0. The zero-order chi connectivity index (χ0) is 15.7. The number of hydrogen-bond acceptors (Lipinski definition) is 4. The zero-order valence-corrected chi connectivity index (χ0v) is 12.9. The first-order valence-electron chi connectivity index (χ1n) is 6.09. The lowest BCUT2D eigenvalue weighted by atomic mass is 10.2. The van der Waals surface area contributed by atoms with E-state index in [0.717, 1.165) is 5.56 Å². The first-order chi connectivity index (χ1) is 10.0. The Balaban J connectivity index is 2.39. The normalized spacial score (nSPS) is 10.7. The Kier molecular flexibility index (Phi) is 7.10. The van der Waals surface area contributed by atoms with E-state index >= 15 is 0 Å². The van der Waals surface area contributed by atoms with E-state index in [1.165, 1.54) is 24.0 Å². The van der Waals surface area contributed by atoms with Gasteiger partial charge in [0.05, 0.1) is 7.11 Å². The van der Waals surface area contributed by atoms with E-state index in [9.17, 15) is 9.59 Å². The third-order valence-electron chi connectivity index (χ3n) is 2.24. The molecule has 0 aromatic heterocycles. The zero-order valence-electron chi connectivity index (χ0n) is 12.1. The van der Waals surface area contributed by atoms with Gasteiger partial charge in [-0.2, -0.15) is 0 Å². The second-order valence-corrected chi connectivity index (χ2v) is 4.91. The van der Waals surface area contributed by atoms with Crippen LogP contribution in [0.5, 0.6) is 0 Å². The van der Waals surface area contributed by atoms with Crippen molar-refractivity contribution in [3.05, 3.63) is 35.9 Å². The van der Waals surface area contributed by atoms with Crippen LogP contribution < -0.4 is 10.0 Å². The van der Waals surface area contributed by atoms with Gasteiger partial charge in [-0.25, -0.2) is 9.59 Å². The molecular formula is C13H18N4O3S. The maximum Gasteiger partial charge on any atom is 0.347 e. The van der Waals surface area contributed by atoms with Crippen molar-refractivity contribution < 1.29 is 14.3 Å². The second kappa shape index (κ2) is 8.85. The highest BCUT2D eigenvalue weighted by Crippen LogP contribution is 2.07. The van der Waals surface area contributed by atoms with E-state index in [2.05, 4.69) is 15.0 Å². The van der Waals surface area contributed by atoms with Crippen LogP contribution in [0.3, 0.4) is 0 Å². The molecule has 0 saturated heterocycles. The van der Waals surface area contributed by atoms with E-state index in [4.69, 9.17) is 4.74 Å². The number of hydrogen-bond donors (Lipinski definition) is 2. The predicted molar refractivity (Wildman–Crippen MR) is 82.9 cm³/mol. The number of nitrogens with zero attached hydrogens (tertiary/aromatic N) is 2. The molecule has 0 heterocycles. The van der Waals surface area contributed by atoms with Gasteiger partial charge in [-0.05, 0) is 17.5 Å². The average molecular weight is 310 g/mol. The molecule has 1 rings (SSSR count). The largest absolute Gasteiger partial charge is 0.468 e. The minimum absolute atomic E-state index is 0.161. The van der Waals surface area contributed by atoms with Gasteiger partial charge in [0.1, 0.15) is 0 Å². The third kappa shape index (κ3) is 6.66. The van der Waals surface area contributed by atoms with Crippen molar-refractivity contribution in [2.24, 2.45) is 4.99 Å². The van der Waals surface area contributed by atoms with Crippen LogP contribution in [0.1, 0.15) is 5.56 Å². The summed E-state index contributed by atoms with van der Waals surface area (Å²) in [6.45, 7) is 0. The highest BCUT2D eigenvalue weighted by Gasteiger charge is 2.09. The van der Waals surface area contributed by atoms with Crippen LogP contribution in [0.25, 0.3) is 0 Å². The molecule has 2 N–H and O–H groups in total. The van der Waals surface area contributed by atoms with Crippen LogP contribution in [0, 0.1) is 0 Å². The van der Waals surface area contributed by atoms with Crippen LogP contribution in [0.2, 0.25) is 0 Å². The number of carbonyl (C=O) groups excluding carboxylic acids is 2. The number of ether oxygens (including phenoxy) is 1. The van der Waals surface area contributed by atoms with Gasteiger partial charge in [0.25, 0.3) is 0 Å². The summed E-state index contributed by atoms with van der Waals surface area (Å²) in [5.74, 6) is 0.629. The number of amides is 4. The number of nitrogens with one attached hydrogen (secondary N) is 2. The van der Waals surface area contributed by atoms with Crippen LogP contribution in [0.15, 0.2) is 35.3 Å². The summed E-state index contributed by atoms with van der Waals surface area (Å²) in [6, 6.07) is 8.52. The van der Waals surface area contributed by atoms with Gasteiger partial charge < -0.3 is 9.64 Å². The highest BCUT2D eigenvalue weighted by molar-refractivity contribution is 7.97. The van der Waals surface area contributed by atoms with Crippen molar-refractivity contribution in [3.8, 4) is 0 Å². The molecule has 0 radical (unpaired) electrons. The Morgan fingerprint density at radius 1 is 1.29 bits per heavy atom. The molecule has 0 aliphatic carbocycles. The molecule has 114 valence electrons. The molecule has 7 nitrogen and oxygen atoms in total. The van der Waals surface area contributed by atoms with Crippen LogP contribution in [-0.4, -0.2) is 44.2 Å². The molecule has 0 aliphatic rings. The summed E-state index contributed by atoms with van der Waals surface area (Å²) in [7, 11) is 4.42. The van der Waals surface area contributed by atoms with E-state index < -0.39 is 12.1 Å². The first-order valence-corrected chi connectivity index (χ1v) is 7.08. The molecule has 0 saturated carbocycles. The van der Waals surface area contributed by atoms with Crippen molar-refractivity contribution in [1.82, 2.24) is 14.9 Å². The standard InChI is InChI=1S/C13H18N4O3S/c1-17(2)13(19)15-12(20-3)14-11(18)16-21-9-10-7-5-4-6-8-10/h4-8H,9H2,1-3H3,(H2,14,15,16,18,19). The fourth-order valence-corrected chi connectivity index (χ4v) is 1.81. The Hall–Kier alpha value is -2.22. The van der Waals surface area contributed by atoms with Crippen molar-refractivity contribution in [2.45, 2.75) is 5.75 Å². The summed E-state index contributed by atoms with van der Waals surface area (Å²) < 4.78 is 7.41. The average Bonchev–Trinajstić information content (AvgIpc) is 2.47. The molecule has 0 aliphatic heterocycles. The summed E-state index contributed by atoms with van der Waals surface area (Å²) in [5.41, 5.74) is 1.09. The molecule has 8 heteroatoms. The number of amidine groups is 1. The molecule has 0 atom stereocenters. The summed E-state index contributed by atoms with van der Waals surface area (Å²) in [5, 5.41) is 2.35. The summed E-state index contributed by atoms with van der Waals surface area (Å²) >= 11 is 1.22. The maximum atomic E-state index is 11.6. The predicted octanol–water partition coefficient (Wildman–Crippen LogP) is 1.82. The molecule has 0 bridgehead atoms. The molecule has 1 aromatic carbocycles. The summed E-state index contributed by atoms with van der Waals surface area (Å²) in [4.78, 5) is 27.9. The van der Waals surface area contributed by atoms with Gasteiger partial charge in [-0.15, -0.1) is 4.99 Å². The Bertz CT molecular complexity index is 505. The number of carbonyl (C=O) groups is 2. The molecule has 0 unspecified atom stereocenters. The number of methoxy groups -OCH3 is 1. The highest BCUT2D eigenvalue weighted by atomic mass is 32.2. The van der Waals surface area contributed by atoms with E-state index in [1.807, 2.05) is 30.3 Å². The monoisotopic (exact) mass is 310 g/mol. The minimum atomic E-state index is -0.524. The van der Waals surface area contributed by atoms with E-state index in [0.29, 0.717) is 5.75 Å². The molecule has 1 aromatic rings. The number of benzene rings is 1. The molecule has 0 fully saturated rings. The van der Waals surface area contributed by atoms with Gasteiger partial charge in [0.2, 0.25) is 0 Å². The fourth-order valence-electron chi connectivity index (χ4n) is 1.19. The Morgan fingerprint density at radius 2 is 1.95 bits per heavy atom. The first kappa shape index (κ1) is 16.8. The maximum absolute atomic E-state index is 11.6. The van der Waals surface area contributed by atoms with Crippen molar-refractivity contribution >= 4 is 30.0 Å². The Labute approximate surface area is 127 Å². The van der Waals surface area contributed by atoms with Crippen molar-refractivity contribution in [2.75, 3.05) is 21.2 Å². The molecule has 4 amide bonds. The number of aliphatic imine (C=N–C) groups is 1. The Morgan fingerprint density at radius 3 is 2.52 bits per heavy atom. The number of rotatable bonds is 3. The van der Waals surface area contributed by atoms with Gasteiger partial charge in [0, 0.05) is 19.8 Å². The van der Waals surface area contributed by atoms with Crippen LogP contribution in [0.4, 0.5) is 9.59 Å². The lowest BCUT2D eigenvalue weighted by molar-refractivity contribution is 0.226. The van der Waals surface area contributed by atoms with E-state index in [1.54, 1.807) is 14.1 Å².